The molecule has 2 aromatic carbocycles. The summed E-state index contributed by atoms with van der Waals surface area (Å²) in [5.41, 5.74) is 0.484. The third-order valence-electron chi connectivity index (χ3n) is 4.28. The van der Waals surface area contributed by atoms with Crippen LogP contribution in [0.4, 0.5) is 4.39 Å². The number of rotatable bonds is 2. The minimum atomic E-state index is -1.22. The summed E-state index contributed by atoms with van der Waals surface area (Å²) in [5, 5.41) is 24.5. The van der Waals surface area contributed by atoms with Gasteiger partial charge < -0.3 is 10.4 Å². The van der Waals surface area contributed by atoms with Crippen LogP contribution < -0.4 is 0 Å². The van der Waals surface area contributed by atoms with Crippen LogP contribution >= 0.6 is 0 Å². The molecule has 0 aliphatic carbocycles. The molecule has 5 heteroatoms. The van der Waals surface area contributed by atoms with Gasteiger partial charge >= 0.3 is 0 Å². The molecule has 0 radical (unpaired) electrons. The third kappa shape index (κ3) is 2.01. The molecule has 114 valence electrons. The van der Waals surface area contributed by atoms with Crippen molar-refractivity contribution in [1.82, 2.24) is 5.06 Å². The molecule has 22 heavy (non-hydrogen) atoms. The molecule has 1 aliphatic rings. The van der Waals surface area contributed by atoms with Gasteiger partial charge in [0.15, 0.2) is 0 Å². The summed E-state index contributed by atoms with van der Waals surface area (Å²) in [6.45, 7) is 3.42. The summed E-state index contributed by atoms with van der Waals surface area (Å²) in [4.78, 5) is 0. The summed E-state index contributed by atoms with van der Waals surface area (Å²) in [5.74, 6) is -0.362. The molecule has 0 saturated carbocycles. The van der Waals surface area contributed by atoms with Crippen LogP contribution in [-0.2, 0) is 5.66 Å². The Morgan fingerprint density at radius 3 is 2.32 bits per heavy atom. The first-order valence-electron chi connectivity index (χ1n) is 7.10. The number of hydrogen-bond donors (Lipinski definition) is 1. The number of hydroxylamine groups is 3. The minimum Gasteiger partial charge on any atom is -0.622 e. The van der Waals surface area contributed by atoms with Gasteiger partial charge in [-0.3, -0.25) is 0 Å². The van der Waals surface area contributed by atoms with Crippen molar-refractivity contribution < 1.29 is 14.3 Å². The molecule has 0 spiro atoms. The number of nitrogens with zero attached hydrogens (tertiary/aromatic N) is 2. The van der Waals surface area contributed by atoms with E-state index in [0.717, 1.165) is 9.80 Å². The largest absolute Gasteiger partial charge is 0.622 e. The Balaban J connectivity index is 2.16. The monoisotopic (exact) mass is 300 g/mol. The Hall–Kier alpha value is -2.24. The second-order valence-electron chi connectivity index (χ2n) is 5.59. The first kappa shape index (κ1) is 14.7. The SMILES string of the molecule is CC1C(c2ccc(F)cc2)=[N+]([O-])C(C)(c2ccccc2)N1O. The Kier molecular flexibility index (Phi) is 3.47. The maximum absolute atomic E-state index is 13.1. The Labute approximate surface area is 128 Å². The highest BCUT2D eigenvalue weighted by Crippen LogP contribution is 2.36. The fourth-order valence-electron chi connectivity index (χ4n) is 2.97. The van der Waals surface area contributed by atoms with Gasteiger partial charge in [0.25, 0.3) is 5.66 Å². The van der Waals surface area contributed by atoms with Gasteiger partial charge in [-0.25, -0.2) is 4.39 Å². The second-order valence-corrected chi connectivity index (χ2v) is 5.59. The van der Waals surface area contributed by atoms with E-state index in [1.165, 1.54) is 12.1 Å². The molecule has 2 aromatic rings. The van der Waals surface area contributed by atoms with Crippen LogP contribution in [0, 0.1) is 11.0 Å². The molecule has 2 unspecified atom stereocenters. The Morgan fingerprint density at radius 2 is 1.73 bits per heavy atom. The normalized spacial score (nSPS) is 25.7. The van der Waals surface area contributed by atoms with E-state index < -0.39 is 11.7 Å². The maximum atomic E-state index is 13.1. The zero-order chi connectivity index (χ0) is 15.9. The van der Waals surface area contributed by atoms with Crippen LogP contribution in [0.3, 0.4) is 0 Å². The molecule has 1 aliphatic heterocycles. The minimum absolute atomic E-state index is 0.362. The fraction of sp³-hybridized carbons (Fsp3) is 0.235. The molecular weight excluding hydrogens is 283 g/mol. The Bertz CT molecular complexity index is 715. The lowest BCUT2D eigenvalue weighted by Crippen LogP contribution is -2.45. The average molecular weight is 300 g/mol. The quantitative estimate of drug-likeness (QED) is 0.685. The molecule has 3 rings (SSSR count). The zero-order valence-electron chi connectivity index (χ0n) is 12.4. The molecule has 0 saturated heterocycles. The van der Waals surface area contributed by atoms with Crippen LogP contribution in [0.15, 0.2) is 54.6 Å². The lowest BCUT2D eigenvalue weighted by Gasteiger charge is -2.29. The molecule has 4 nitrogen and oxygen atoms in total. The predicted octanol–water partition coefficient (Wildman–Crippen LogP) is 3.09. The highest BCUT2D eigenvalue weighted by Gasteiger charge is 2.54. The molecular formula is C17H17FN2O2. The summed E-state index contributed by atoms with van der Waals surface area (Å²) in [6.07, 6.45) is 0. The predicted molar refractivity (Wildman–Crippen MR) is 81.0 cm³/mol. The maximum Gasteiger partial charge on any atom is 0.274 e. The van der Waals surface area contributed by atoms with E-state index >= 15 is 0 Å². The number of hydrogen-bond acceptors (Lipinski definition) is 3. The fourth-order valence-corrected chi connectivity index (χ4v) is 2.97. The van der Waals surface area contributed by atoms with E-state index in [9.17, 15) is 14.8 Å². The van der Waals surface area contributed by atoms with Crippen molar-refractivity contribution in [2.75, 3.05) is 0 Å². The molecule has 0 fully saturated rings. The number of benzene rings is 2. The lowest BCUT2D eigenvalue weighted by molar-refractivity contribution is -0.595. The van der Waals surface area contributed by atoms with E-state index in [1.54, 1.807) is 38.1 Å². The molecule has 0 aromatic heterocycles. The highest BCUT2D eigenvalue weighted by molar-refractivity contribution is 6.01. The van der Waals surface area contributed by atoms with Crippen LogP contribution in [0.25, 0.3) is 0 Å². The molecule has 1 heterocycles. The summed E-state index contributed by atoms with van der Waals surface area (Å²) < 4.78 is 13.9. The average Bonchev–Trinajstić information content (AvgIpc) is 2.71. The van der Waals surface area contributed by atoms with E-state index in [0.29, 0.717) is 16.8 Å². The molecule has 2 atom stereocenters. The van der Waals surface area contributed by atoms with Crippen molar-refractivity contribution >= 4 is 5.71 Å². The van der Waals surface area contributed by atoms with Crippen LogP contribution in [0.1, 0.15) is 25.0 Å². The van der Waals surface area contributed by atoms with Gasteiger partial charge in [0, 0.05) is 18.1 Å². The highest BCUT2D eigenvalue weighted by atomic mass is 19.1. The molecule has 0 bridgehead atoms. The number of halogens is 1. The molecule has 1 N–H and O–H groups in total. The van der Waals surface area contributed by atoms with Crippen molar-refractivity contribution in [1.29, 1.82) is 0 Å². The van der Waals surface area contributed by atoms with Gasteiger partial charge in [-0.2, -0.15) is 4.74 Å². The van der Waals surface area contributed by atoms with Gasteiger partial charge in [-0.15, -0.1) is 5.06 Å². The van der Waals surface area contributed by atoms with E-state index in [4.69, 9.17) is 0 Å². The zero-order valence-corrected chi connectivity index (χ0v) is 12.4. The van der Waals surface area contributed by atoms with Gasteiger partial charge in [0.2, 0.25) is 5.71 Å². The van der Waals surface area contributed by atoms with Crippen molar-refractivity contribution in [3.8, 4) is 0 Å². The van der Waals surface area contributed by atoms with E-state index in [1.807, 2.05) is 18.2 Å². The van der Waals surface area contributed by atoms with Crippen molar-refractivity contribution in [2.24, 2.45) is 0 Å². The first-order chi connectivity index (χ1) is 10.5. The van der Waals surface area contributed by atoms with E-state index in [-0.39, 0.29) is 5.82 Å². The summed E-state index contributed by atoms with van der Waals surface area (Å²) >= 11 is 0. The van der Waals surface area contributed by atoms with Crippen LogP contribution in [0.2, 0.25) is 0 Å². The first-order valence-corrected chi connectivity index (χ1v) is 7.10. The standard InChI is InChI=1S/C17H17FN2O2/c1-12-16(13-8-10-15(18)11-9-13)20(22)17(2,19(12)21)14-6-4-3-5-7-14/h3-12,21H,1-2H3. The van der Waals surface area contributed by atoms with Gasteiger partial charge in [-0.05, 0) is 31.2 Å². The van der Waals surface area contributed by atoms with E-state index in [2.05, 4.69) is 0 Å². The van der Waals surface area contributed by atoms with Crippen LogP contribution in [-0.4, -0.2) is 26.8 Å². The van der Waals surface area contributed by atoms with Gasteiger partial charge in [0.1, 0.15) is 11.9 Å². The Morgan fingerprint density at radius 1 is 1.14 bits per heavy atom. The van der Waals surface area contributed by atoms with Crippen molar-refractivity contribution in [2.45, 2.75) is 25.6 Å². The third-order valence-corrected chi connectivity index (χ3v) is 4.28. The lowest BCUT2D eigenvalue weighted by atomic mass is 10.0. The summed E-state index contributed by atoms with van der Waals surface area (Å²) in [7, 11) is 0. The molecule has 0 amide bonds. The van der Waals surface area contributed by atoms with Gasteiger partial charge in [0.05, 0.1) is 0 Å². The summed E-state index contributed by atoms with van der Waals surface area (Å²) in [6, 6.07) is 14.3. The van der Waals surface area contributed by atoms with Crippen molar-refractivity contribution in [3.05, 3.63) is 76.7 Å². The second kappa shape index (κ2) is 5.19. The van der Waals surface area contributed by atoms with Crippen molar-refractivity contribution in [3.63, 3.8) is 0 Å². The topological polar surface area (TPSA) is 49.5 Å². The smallest absolute Gasteiger partial charge is 0.274 e. The van der Waals surface area contributed by atoms with Gasteiger partial charge in [-0.1, -0.05) is 30.3 Å². The van der Waals surface area contributed by atoms with Crippen LogP contribution in [0.5, 0.6) is 0 Å².